The summed E-state index contributed by atoms with van der Waals surface area (Å²) < 4.78 is 0. The molecule has 0 bridgehead atoms. The topological polar surface area (TPSA) is 32.5 Å². The van der Waals surface area contributed by atoms with Crippen LogP contribution in [0, 0.1) is 0 Å². The van der Waals surface area contributed by atoms with E-state index in [9.17, 15) is 0 Å². The molecule has 4 heteroatoms. The van der Waals surface area contributed by atoms with Gasteiger partial charge < -0.3 is 10.6 Å². The van der Waals surface area contributed by atoms with E-state index in [-0.39, 0.29) is 0 Å². The molecule has 1 unspecified atom stereocenters. The van der Waals surface area contributed by atoms with Gasteiger partial charge in [-0.1, -0.05) is 17.7 Å². The summed E-state index contributed by atoms with van der Waals surface area (Å²) >= 11 is 6.09. The summed E-state index contributed by atoms with van der Waals surface area (Å²) in [6, 6.07) is 6.62. The number of halogens is 1. The van der Waals surface area contributed by atoms with Crippen molar-refractivity contribution in [3.8, 4) is 0 Å². The first-order valence-electron chi connectivity index (χ1n) is 6.78. The minimum Gasteiger partial charge on any atom is -0.396 e. The molecule has 0 amide bonds. The van der Waals surface area contributed by atoms with E-state index in [1.165, 1.54) is 32.4 Å². The van der Waals surface area contributed by atoms with E-state index in [1.54, 1.807) is 0 Å². The number of rotatable bonds is 2. The molecule has 2 N–H and O–H groups in total. The summed E-state index contributed by atoms with van der Waals surface area (Å²) in [4.78, 5) is 5.00. The first kappa shape index (κ1) is 12.1. The lowest BCUT2D eigenvalue weighted by Gasteiger charge is -2.25. The van der Waals surface area contributed by atoms with Crippen LogP contribution in [-0.4, -0.2) is 37.1 Å². The van der Waals surface area contributed by atoms with Gasteiger partial charge in [-0.3, -0.25) is 4.90 Å². The zero-order valence-corrected chi connectivity index (χ0v) is 11.4. The van der Waals surface area contributed by atoms with Crippen LogP contribution in [0.3, 0.4) is 0 Å². The Morgan fingerprint density at radius 1 is 1.17 bits per heavy atom. The smallest absolute Gasteiger partial charge is 0.0741 e. The van der Waals surface area contributed by atoms with Gasteiger partial charge in [-0.2, -0.15) is 0 Å². The summed E-state index contributed by atoms with van der Waals surface area (Å²) in [5.41, 5.74) is 7.90. The third-order valence-corrected chi connectivity index (χ3v) is 4.52. The van der Waals surface area contributed by atoms with E-state index in [0.29, 0.717) is 11.1 Å². The highest BCUT2D eigenvalue weighted by atomic mass is 35.5. The molecule has 2 fully saturated rings. The van der Waals surface area contributed by atoms with Crippen molar-refractivity contribution in [2.75, 3.05) is 36.8 Å². The minimum absolute atomic E-state index is 0.664. The fourth-order valence-electron chi connectivity index (χ4n) is 3.17. The Labute approximate surface area is 114 Å². The predicted octanol–water partition coefficient (Wildman–Crippen LogP) is 2.60. The summed E-state index contributed by atoms with van der Waals surface area (Å²) in [5.74, 6) is 0. The lowest BCUT2D eigenvalue weighted by molar-refractivity contribution is 0.260. The maximum Gasteiger partial charge on any atom is 0.0741 e. The maximum absolute atomic E-state index is 6.09. The quantitative estimate of drug-likeness (QED) is 0.835. The van der Waals surface area contributed by atoms with Crippen molar-refractivity contribution in [1.29, 1.82) is 0 Å². The zero-order valence-electron chi connectivity index (χ0n) is 10.6. The second-order valence-corrected chi connectivity index (χ2v) is 5.71. The molecule has 2 heterocycles. The summed E-state index contributed by atoms with van der Waals surface area (Å²) in [5, 5.41) is 0.664. The van der Waals surface area contributed by atoms with Crippen molar-refractivity contribution in [3.05, 3.63) is 23.2 Å². The van der Waals surface area contributed by atoms with Gasteiger partial charge in [0.2, 0.25) is 0 Å². The molecule has 0 radical (unpaired) electrons. The number of likely N-dealkylation sites (tertiary alicyclic amines) is 1. The Morgan fingerprint density at radius 3 is 2.72 bits per heavy atom. The number of benzene rings is 1. The summed E-state index contributed by atoms with van der Waals surface area (Å²) in [6.07, 6.45) is 3.96. The minimum atomic E-state index is 0.664. The highest BCUT2D eigenvalue weighted by Gasteiger charge is 2.30. The van der Waals surface area contributed by atoms with E-state index in [0.717, 1.165) is 24.5 Å². The first-order chi connectivity index (χ1) is 8.75. The van der Waals surface area contributed by atoms with Crippen LogP contribution in [0.4, 0.5) is 11.4 Å². The third kappa shape index (κ3) is 2.17. The highest BCUT2D eigenvalue weighted by molar-refractivity contribution is 6.33. The standard InChI is InChI=1S/C14H20ClN3/c15-12-4-3-5-13(14(12)16)18-9-6-11(10-18)17-7-1-2-8-17/h3-5,11H,1-2,6-10,16H2. The lowest BCUT2D eigenvalue weighted by atomic mass is 10.2. The molecule has 98 valence electrons. The van der Waals surface area contributed by atoms with Crippen LogP contribution in [0.2, 0.25) is 5.02 Å². The molecule has 2 aliphatic rings. The number of hydrogen-bond donors (Lipinski definition) is 1. The molecule has 0 saturated carbocycles. The van der Waals surface area contributed by atoms with Crippen LogP contribution in [0.1, 0.15) is 19.3 Å². The number of nitrogen functional groups attached to an aromatic ring is 1. The fourth-order valence-corrected chi connectivity index (χ4v) is 3.34. The molecule has 1 aromatic carbocycles. The second kappa shape index (κ2) is 4.98. The van der Waals surface area contributed by atoms with Gasteiger partial charge in [0.1, 0.15) is 0 Å². The van der Waals surface area contributed by atoms with Crippen LogP contribution < -0.4 is 10.6 Å². The van der Waals surface area contributed by atoms with Crippen LogP contribution in [0.15, 0.2) is 18.2 Å². The van der Waals surface area contributed by atoms with Gasteiger partial charge in [-0.05, 0) is 44.5 Å². The SMILES string of the molecule is Nc1c(Cl)cccc1N1CCC(N2CCCC2)C1. The molecule has 2 saturated heterocycles. The van der Waals surface area contributed by atoms with Crippen LogP contribution >= 0.6 is 11.6 Å². The highest BCUT2D eigenvalue weighted by Crippen LogP contribution is 2.33. The average Bonchev–Trinajstić information content (AvgIpc) is 3.01. The van der Waals surface area contributed by atoms with Crippen LogP contribution in [0.5, 0.6) is 0 Å². The van der Waals surface area contributed by atoms with Crippen LogP contribution in [0.25, 0.3) is 0 Å². The largest absolute Gasteiger partial charge is 0.396 e. The molecule has 0 aliphatic carbocycles. The molecule has 0 aromatic heterocycles. The Bertz CT molecular complexity index is 429. The summed E-state index contributed by atoms with van der Waals surface area (Å²) in [6.45, 7) is 4.71. The van der Waals surface area contributed by atoms with Gasteiger partial charge in [0.25, 0.3) is 0 Å². The predicted molar refractivity (Wildman–Crippen MR) is 77.3 cm³/mol. The van der Waals surface area contributed by atoms with Crippen molar-refractivity contribution in [2.24, 2.45) is 0 Å². The Balaban J connectivity index is 1.73. The Morgan fingerprint density at radius 2 is 1.94 bits per heavy atom. The van der Waals surface area contributed by atoms with Crippen molar-refractivity contribution in [3.63, 3.8) is 0 Å². The van der Waals surface area contributed by atoms with Gasteiger partial charge >= 0.3 is 0 Å². The molecule has 0 spiro atoms. The molecule has 2 aliphatic heterocycles. The number of nitrogens with two attached hydrogens (primary N) is 1. The molecular formula is C14H20ClN3. The van der Waals surface area contributed by atoms with Crippen molar-refractivity contribution >= 4 is 23.0 Å². The van der Waals surface area contributed by atoms with Gasteiger partial charge in [-0.25, -0.2) is 0 Å². The van der Waals surface area contributed by atoms with Crippen molar-refractivity contribution < 1.29 is 0 Å². The van der Waals surface area contributed by atoms with Gasteiger partial charge in [0.15, 0.2) is 0 Å². The van der Waals surface area contributed by atoms with Gasteiger partial charge in [-0.15, -0.1) is 0 Å². The van der Waals surface area contributed by atoms with Crippen LogP contribution in [-0.2, 0) is 0 Å². The molecule has 18 heavy (non-hydrogen) atoms. The molecule has 1 atom stereocenters. The molecule has 1 aromatic rings. The van der Waals surface area contributed by atoms with E-state index in [4.69, 9.17) is 17.3 Å². The van der Waals surface area contributed by atoms with Crippen molar-refractivity contribution in [2.45, 2.75) is 25.3 Å². The molecular weight excluding hydrogens is 246 g/mol. The fraction of sp³-hybridized carbons (Fsp3) is 0.571. The normalized spacial score (nSPS) is 24.9. The van der Waals surface area contributed by atoms with Gasteiger partial charge in [0.05, 0.1) is 16.4 Å². The number of hydrogen-bond acceptors (Lipinski definition) is 3. The van der Waals surface area contributed by atoms with E-state index >= 15 is 0 Å². The molecule has 3 rings (SSSR count). The Kier molecular flexibility index (Phi) is 3.35. The molecule has 3 nitrogen and oxygen atoms in total. The number of nitrogens with zero attached hydrogens (tertiary/aromatic N) is 2. The van der Waals surface area contributed by atoms with E-state index in [2.05, 4.69) is 15.9 Å². The average molecular weight is 266 g/mol. The number of anilines is 2. The Hall–Kier alpha value is -0.930. The van der Waals surface area contributed by atoms with E-state index in [1.807, 2.05) is 12.1 Å². The van der Waals surface area contributed by atoms with Gasteiger partial charge in [0, 0.05) is 19.1 Å². The number of para-hydroxylation sites is 1. The first-order valence-corrected chi connectivity index (χ1v) is 7.16. The monoisotopic (exact) mass is 265 g/mol. The second-order valence-electron chi connectivity index (χ2n) is 5.30. The zero-order chi connectivity index (χ0) is 12.5. The van der Waals surface area contributed by atoms with E-state index < -0.39 is 0 Å². The third-order valence-electron chi connectivity index (χ3n) is 4.19. The maximum atomic E-state index is 6.09. The van der Waals surface area contributed by atoms with Crippen molar-refractivity contribution in [1.82, 2.24) is 4.90 Å². The summed E-state index contributed by atoms with van der Waals surface area (Å²) in [7, 11) is 0. The lowest BCUT2D eigenvalue weighted by Crippen LogP contribution is -2.35.